The third-order valence-electron chi connectivity index (χ3n) is 3.57. The molecule has 2 heteroatoms. The first-order chi connectivity index (χ1) is 7.54. The predicted octanol–water partition coefficient (Wildman–Crippen LogP) is 4.11. The van der Waals surface area contributed by atoms with Crippen molar-refractivity contribution in [3.05, 3.63) is 29.3 Å². The molecular formula is C14H20ClN. The van der Waals surface area contributed by atoms with Crippen LogP contribution in [-0.2, 0) is 5.88 Å². The summed E-state index contributed by atoms with van der Waals surface area (Å²) in [6.45, 7) is 7.91. The average Bonchev–Trinajstić information content (AvgIpc) is 2.58. The van der Waals surface area contributed by atoms with Crippen LogP contribution in [0.1, 0.15) is 37.8 Å². The molecule has 1 aromatic rings. The van der Waals surface area contributed by atoms with Gasteiger partial charge in [-0.25, -0.2) is 0 Å². The average molecular weight is 238 g/mol. The molecule has 16 heavy (non-hydrogen) atoms. The largest absolute Gasteiger partial charge is 0.366 e. The minimum absolute atomic E-state index is 0.274. The first kappa shape index (κ1) is 11.8. The number of benzene rings is 1. The standard InChI is InChI=1S/C14H20ClN/c1-11-5-6-13(12(9-11)10-15)16-8-4-7-14(16,2)3/h5-6,9H,4,7-8,10H2,1-3H3. The van der Waals surface area contributed by atoms with E-state index in [1.54, 1.807) is 0 Å². The van der Waals surface area contributed by atoms with E-state index in [2.05, 4.69) is 43.9 Å². The molecule has 1 fully saturated rings. The van der Waals surface area contributed by atoms with Crippen LogP contribution in [0.25, 0.3) is 0 Å². The van der Waals surface area contributed by atoms with Gasteiger partial charge < -0.3 is 4.90 Å². The molecule has 1 heterocycles. The lowest BCUT2D eigenvalue weighted by Crippen LogP contribution is -2.38. The van der Waals surface area contributed by atoms with Crippen molar-refractivity contribution in [1.82, 2.24) is 0 Å². The van der Waals surface area contributed by atoms with E-state index in [1.165, 1.54) is 29.7 Å². The summed E-state index contributed by atoms with van der Waals surface area (Å²) in [5.74, 6) is 0.601. The van der Waals surface area contributed by atoms with Crippen molar-refractivity contribution in [3.63, 3.8) is 0 Å². The zero-order valence-corrected chi connectivity index (χ0v) is 11.1. The topological polar surface area (TPSA) is 3.24 Å². The summed E-state index contributed by atoms with van der Waals surface area (Å²) >= 11 is 6.05. The van der Waals surface area contributed by atoms with E-state index < -0.39 is 0 Å². The van der Waals surface area contributed by atoms with Gasteiger partial charge in [0.05, 0.1) is 0 Å². The Bertz CT molecular complexity index is 384. The first-order valence-corrected chi connectivity index (χ1v) is 6.51. The second-order valence-corrected chi connectivity index (χ2v) is 5.60. The lowest BCUT2D eigenvalue weighted by molar-refractivity contribution is 0.517. The van der Waals surface area contributed by atoms with Gasteiger partial charge in [0.1, 0.15) is 0 Å². The van der Waals surface area contributed by atoms with Crippen LogP contribution < -0.4 is 4.90 Å². The molecule has 0 aliphatic carbocycles. The van der Waals surface area contributed by atoms with E-state index in [4.69, 9.17) is 11.6 Å². The molecule has 1 aromatic carbocycles. The zero-order chi connectivity index (χ0) is 11.8. The van der Waals surface area contributed by atoms with Crippen molar-refractivity contribution in [2.24, 2.45) is 0 Å². The zero-order valence-electron chi connectivity index (χ0n) is 10.4. The molecule has 0 radical (unpaired) electrons. The fourth-order valence-electron chi connectivity index (χ4n) is 2.64. The van der Waals surface area contributed by atoms with Crippen LogP contribution in [0.4, 0.5) is 5.69 Å². The number of hydrogen-bond donors (Lipinski definition) is 0. The van der Waals surface area contributed by atoms with Crippen LogP contribution in [-0.4, -0.2) is 12.1 Å². The van der Waals surface area contributed by atoms with Crippen molar-refractivity contribution in [3.8, 4) is 0 Å². The SMILES string of the molecule is Cc1ccc(N2CCCC2(C)C)c(CCl)c1. The molecule has 0 spiro atoms. The van der Waals surface area contributed by atoms with E-state index in [0.29, 0.717) is 5.88 Å². The highest BCUT2D eigenvalue weighted by molar-refractivity contribution is 6.17. The lowest BCUT2D eigenvalue weighted by Gasteiger charge is -2.35. The number of nitrogens with zero attached hydrogens (tertiary/aromatic N) is 1. The van der Waals surface area contributed by atoms with E-state index in [0.717, 1.165) is 6.54 Å². The quantitative estimate of drug-likeness (QED) is 0.700. The number of halogens is 1. The lowest BCUT2D eigenvalue weighted by atomic mass is 10.0. The molecular weight excluding hydrogens is 218 g/mol. The molecule has 2 rings (SSSR count). The van der Waals surface area contributed by atoms with Gasteiger partial charge >= 0.3 is 0 Å². The van der Waals surface area contributed by atoms with Crippen molar-refractivity contribution < 1.29 is 0 Å². The number of aryl methyl sites for hydroxylation is 1. The Morgan fingerprint density at radius 3 is 2.69 bits per heavy atom. The van der Waals surface area contributed by atoms with Crippen molar-refractivity contribution in [2.75, 3.05) is 11.4 Å². The van der Waals surface area contributed by atoms with E-state index in [9.17, 15) is 0 Å². The van der Waals surface area contributed by atoms with E-state index in [1.807, 2.05) is 0 Å². The van der Waals surface area contributed by atoms with E-state index in [-0.39, 0.29) is 5.54 Å². The van der Waals surface area contributed by atoms with Gasteiger partial charge in [0.25, 0.3) is 0 Å². The van der Waals surface area contributed by atoms with Gasteiger partial charge in [-0.05, 0) is 45.2 Å². The maximum absolute atomic E-state index is 6.05. The minimum Gasteiger partial charge on any atom is -0.366 e. The van der Waals surface area contributed by atoms with Crippen LogP contribution in [0, 0.1) is 6.92 Å². The highest BCUT2D eigenvalue weighted by Crippen LogP contribution is 2.36. The molecule has 1 aliphatic rings. The fraction of sp³-hybridized carbons (Fsp3) is 0.571. The van der Waals surface area contributed by atoms with Crippen LogP contribution in [0.3, 0.4) is 0 Å². The van der Waals surface area contributed by atoms with Crippen molar-refractivity contribution in [1.29, 1.82) is 0 Å². The summed E-state index contributed by atoms with van der Waals surface area (Å²) in [5, 5.41) is 0. The summed E-state index contributed by atoms with van der Waals surface area (Å²) in [6, 6.07) is 6.61. The monoisotopic (exact) mass is 237 g/mol. The Hall–Kier alpha value is -0.690. The van der Waals surface area contributed by atoms with Gasteiger partial charge in [-0.1, -0.05) is 17.7 Å². The smallest absolute Gasteiger partial charge is 0.0494 e. The fourth-order valence-corrected chi connectivity index (χ4v) is 2.85. The Labute approximate surface area is 103 Å². The molecule has 0 atom stereocenters. The maximum Gasteiger partial charge on any atom is 0.0494 e. The molecule has 0 N–H and O–H groups in total. The summed E-state index contributed by atoms with van der Waals surface area (Å²) in [7, 11) is 0. The molecule has 0 unspecified atom stereocenters. The molecule has 88 valence electrons. The van der Waals surface area contributed by atoms with E-state index >= 15 is 0 Å². The molecule has 1 saturated heterocycles. The van der Waals surface area contributed by atoms with Crippen LogP contribution >= 0.6 is 11.6 Å². The highest BCUT2D eigenvalue weighted by Gasteiger charge is 2.32. The summed E-state index contributed by atoms with van der Waals surface area (Å²) in [5.41, 5.74) is 4.15. The second-order valence-electron chi connectivity index (χ2n) is 5.33. The number of alkyl halides is 1. The third kappa shape index (κ3) is 2.06. The predicted molar refractivity (Wildman–Crippen MR) is 71.4 cm³/mol. The summed E-state index contributed by atoms with van der Waals surface area (Å²) in [4.78, 5) is 2.50. The summed E-state index contributed by atoms with van der Waals surface area (Å²) in [6.07, 6.45) is 2.55. The van der Waals surface area contributed by atoms with Crippen LogP contribution in [0.15, 0.2) is 18.2 Å². The molecule has 0 bridgehead atoms. The van der Waals surface area contributed by atoms with Crippen LogP contribution in [0.5, 0.6) is 0 Å². The Morgan fingerprint density at radius 2 is 2.12 bits per heavy atom. The summed E-state index contributed by atoms with van der Waals surface area (Å²) < 4.78 is 0. The maximum atomic E-state index is 6.05. The van der Waals surface area contributed by atoms with Crippen molar-refractivity contribution in [2.45, 2.75) is 45.0 Å². The Balaban J connectivity index is 2.40. The van der Waals surface area contributed by atoms with Gasteiger partial charge in [-0.3, -0.25) is 0 Å². The first-order valence-electron chi connectivity index (χ1n) is 5.98. The number of hydrogen-bond acceptors (Lipinski definition) is 1. The molecule has 0 saturated carbocycles. The van der Waals surface area contributed by atoms with Gasteiger partial charge in [-0.15, -0.1) is 11.6 Å². The van der Waals surface area contributed by atoms with Gasteiger partial charge in [0, 0.05) is 23.7 Å². The minimum atomic E-state index is 0.274. The third-order valence-corrected chi connectivity index (χ3v) is 3.86. The van der Waals surface area contributed by atoms with Crippen LogP contribution in [0.2, 0.25) is 0 Å². The Kier molecular flexibility index (Phi) is 3.16. The van der Waals surface area contributed by atoms with Gasteiger partial charge in [-0.2, -0.15) is 0 Å². The normalized spacial score (nSPS) is 19.1. The molecule has 1 aliphatic heterocycles. The number of anilines is 1. The second kappa shape index (κ2) is 4.29. The molecule has 0 aromatic heterocycles. The van der Waals surface area contributed by atoms with Gasteiger partial charge in [0.2, 0.25) is 0 Å². The highest BCUT2D eigenvalue weighted by atomic mass is 35.5. The Morgan fingerprint density at radius 1 is 1.38 bits per heavy atom. The van der Waals surface area contributed by atoms with Gasteiger partial charge in [0.15, 0.2) is 0 Å². The molecule has 1 nitrogen and oxygen atoms in total. The molecule has 0 amide bonds. The number of rotatable bonds is 2. The van der Waals surface area contributed by atoms with Crippen molar-refractivity contribution >= 4 is 17.3 Å².